The minimum absolute atomic E-state index is 0.670. The van der Waals surface area contributed by atoms with Gasteiger partial charge in [-0.15, -0.1) is 0 Å². The van der Waals surface area contributed by atoms with Crippen LogP contribution >= 0.6 is 23.4 Å². The molecular formula is C12H10ClNS. The van der Waals surface area contributed by atoms with E-state index in [0.29, 0.717) is 5.02 Å². The molecule has 2 rings (SSSR count). The zero-order valence-electron chi connectivity index (χ0n) is 8.27. The monoisotopic (exact) mass is 235 g/mol. The summed E-state index contributed by atoms with van der Waals surface area (Å²) in [5.41, 5.74) is 1.27. The Balaban J connectivity index is 2.15. The molecule has 0 aliphatic carbocycles. The average molecular weight is 236 g/mol. The molecule has 0 aliphatic heterocycles. The summed E-state index contributed by atoms with van der Waals surface area (Å²) in [5, 5.41) is 1.63. The highest BCUT2D eigenvalue weighted by molar-refractivity contribution is 7.99. The summed E-state index contributed by atoms with van der Waals surface area (Å²) in [5.74, 6) is 0. The van der Waals surface area contributed by atoms with Crippen molar-refractivity contribution in [1.29, 1.82) is 0 Å². The molecule has 0 amide bonds. The smallest absolute Gasteiger partial charge is 0.101 e. The van der Waals surface area contributed by atoms with Gasteiger partial charge in [-0.1, -0.05) is 41.1 Å². The lowest BCUT2D eigenvalue weighted by atomic mass is 10.2. The van der Waals surface area contributed by atoms with E-state index in [1.165, 1.54) is 10.5 Å². The van der Waals surface area contributed by atoms with Crippen LogP contribution in [-0.4, -0.2) is 4.98 Å². The highest BCUT2D eigenvalue weighted by Gasteiger charge is 1.98. The molecule has 0 saturated heterocycles. The third kappa shape index (κ3) is 2.98. The summed E-state index contributed by atoms with van der Waals surface area (Å²) in [7, 11) is 0. The Morgan fingerprint density at radius 2 is 1.80 bits per heavy atom. The maximum atomic E-state index is 5.76. The van der Waals surface area contributed by atoms with Crippen molar-refractivity contribution in [2.24, 2.45) is 0 Å². The van der Waals surface area contributed by atoms with Crippen molar-refractivity contribution in [1.82, 2.24) is 4.98 Å². The number of hydrogen-bond donors (Lipinski definition) is 0. The van der Waals surface area contributed by atoms with Crippen molar-refractivity contribution in [2.45, 2.75) is 16.8 Å². The molecule has 0 N–H and O–H groups in total. The van der Waals surface area contributed by atoms with E-state index < -0.39 is 0 Å². The lowest BCUT2D eigenvalue weighted by molar-refractivity contribution is 1.13. The topological polar surface area (TPSA) is 12.9 Å². The maximum Gasteiger partial charge on any atom is 0.101 e. The normalized spacial score (nSPS) is 10.3. The van der Waals surface area contributed by atoms with Crippen LogP contribution in [0.5, 0.6) is 0 Å². The average Bonchev–Trinajstić information content (AvgIpc) is 2.25. The molecular weight excluding hydrogens is 226 g/mol. The number of pyridine rings is 1. The van der Waals surface area contributed by atoms with Crippen molar-refractivity contribution < 1.29 is 0 Å². The van der Waals surface area contributed by atoms with Gasteiger partial charge < -0.3 is 0 Å². The summed E-state index contributed by atoms with van der Waals surface area (Å²) in [6, 6.07) is 12.2. The molecule has 1 nitrogen and oxygen atoms in total. The molecule has 76 valence electrons. The fraction of sp³-hybridized carbons (Fsp3) is 0.0833. The maximum absolute atomic E-state index is 5.76. The summed E-state index contributed by atoms with van der Waals surface area (Å²) in [6.45, 7) is 2.08. The first-order chi connectivity index (χ1) is 7.24. The van der Waals surface area contributed by atoms with Crippen molar-refractivity contribution in [2.75, 3.05) is 0 Å². The van der Waals surface area contributed by atoms with Crippen molar-refractivity contribution in [3.8, 4) is 0 Å². The van der Waals surface area contributed by atoms with Gasteiger partial charge in [-0.05, 0) is 31.2 Å². The van der Waals surface area contributed by atoms with Gasteiger partial charge >= 0.3 is 0 Å². The molecule has 2 aromatic rings. The molecule has 0 saturated carbocycles. The second-order valence-corrected chi connectivity index (χ2v) is 4.76. The molecule has 0 atom stereocenters. The Morgan fingerprint density at radius 3 is 2.40 bits per heavy atom. The number of hydrogen-bond acceptors (Lipinski definition) is 2. The fourth-order valence-electron chi connectivity index (χ4n) is 1.15. The number of halogens is 1. The lowest BCUT2D eigenvalue weighted by Gasteiger charge is -2.01. The van der Waals surface area contributed by atoms with Crippen LogP contribution in [0, 0.1) is 6.92 Å². The third-order valence-corrected chi connectivity index (χ3v) is 3.13. The van der Waals surface area contributed by atoms with E-state index >= 15 is 0 Å². The van der Waals surface area contributed by atoms with E-state index in [4.69, 9.17) is 11.6 Å². The van der Waals surface area contributed by atoms with Crippen LogP contribution in [0.3, 0.4) is 0 Å². The SMILES string of the molecule is Cc1ccc(Sc2ccc(Cl)cn2)cc1. The molecule has 1 heterocycles. The van der Waals surface area contributed by atoms with Gasteiger partial charge in [0.2, 0.25) is 0 Å². The van der Waals surface area contributed by atoms with Gasteiger partial charge in [0.1, 0.15) is 5.03 Å². The standard InChI is InChI=1S/C12H10ClNS/c1-9-2-5-11(6-3-9)15-12-7-4-10(13)8-14-12/h2-8H,1H3. The van der Waals surface area contributed by atoms with E-state index in [2.05, 4.69) is 36.2 Å². The van der Waals surface area contributed by atoms with Crippen LogP contribution in [0.25, 0.3) is 0 Å². The van der Waals surface area contributed by atoms with E-state index in [1.807, 2.05) is 12.1 Å². The summed E-state index contributed by atoms with van der Waals surface area (Å²) < 4.78 is 0. The van der Waals surface area contributed by atoms with E-state index in [9.17, 15) is 0 Å². The highest BCUT2D eigenvalue weighted by atomic mass is 35.5. The number of rotatable bonds is 2. The molecule has 15 heavy (non-hydrogen) atoms. The Bertz CT molecular complexity index is 393. The first-order valence-corrected chi connectivity index (χ1v) is 5.79. The molecule has 1 aromatic heterocycles. The molecule has 0 aliphatic rings. The zero-order chi connectivity index (χ0) is 10.7. The molecule has 1 aromatic carbocycles. The van der Waals surface area contributed by atoms with Crippen molar-refractivity contribution >= 4 is 23.4 Å². The summed E-state index contributed by atoms with van der Waals surface area (Å²) in [4.78, 5) is 5.42. The number of benzene rings is 1. The van der Waals surface area contributed by atoms with E-state index in [0.717, 1.165) is 5.03 Å². The Kier molecular flexibility index (Phi) is 3.29. The largest absolute Gasteiger partial charge is 0.248 e. The van der Waals surface area contributed by atoms with Gasteiger partial charge in [0, 0.05) is 11.1 Å². The summed E-state index contributed by atoms with van der Waals surface area (Å²) in [6.07, 6.45) is 1.66. The molecule has 3 heteroatoms. The molecule has 0 spiro atoms. The quantitative estimate of drug-likeness (QED) is 0.774. The van der Waals surface area contributed by atoms with Crippen LogP contribution in [0.2, 0.25) is 5.02 Å². The number of aromatic nitrogens is 1. The number of aryl methyl sites for hydroxylation is 1. The highest BCUT2D eigenvalue weighted by Crippen LogP contribution is 2.26. The zero-order valence-corrected chi connectivity index (χ0v) is 9.85. The first-order valence-electron chi connectivity index (χ1n) is 4.60. The predicted molar refractivity (Wildman–Crippen MR) is 64.5 cm³/mol. The van der Waals surface area contributed by atoms with E-state index in [-0.39, 0.29) is 0 Å². The lowest BCUT2D eigenvalue weighted by Crippen LogP contribution is -1.79. The van der Waals surface area contributed by atoms with Gasteiger partial charge in [-0.25, -0.2) is 4.98 Å². The Morgan fingerprint density at radius 1 is 1.07 bits per heavy atom. The van der Waals surface area contributed by atoms with Crippen LogP contribution in [0.4, 0.5) is 0 Å². The molecule has 0 fully saturated rings. The van der Waals surface area contributed by atoms with Crippen LogP contribution in [0.15, 0.2) is 52.5 Å². The number of nitrogens with zero attached hydrogens (tertiary/aromatic N) is 1. The minimum Gasteiger partial charge on any atom is -0.248 e. The van der Waals surface area contributed by atoms with Crippen LogP contribution < -0.4 is 0 Å². The molecule has 0 bridgehead atoms. The van der Waals surface area contributed by atoms with Gasteiger partial charge in [0.15, 0.2) is 0 Å². The van der Waals surface area contributed by atoms with Crippen LogP contribution in [0.1, 0.15) is 5.56 Å². The summed E-state index contributed by atoms with van der Waals surface area (Å²) >= 11 is 7.40. The second-order valence-electron chi connectivity index (χ2n) is 3.23. The minimum atomic E-state index is 0.670. The first kappa shape index (κ1) is 10.5. The Labute approximate surface area is 98.5 Å². The fourth-order valence-corrected chi connectivity index (χ4v) is 2.02. The van der Waals surface area contributed by atoms with Gasteiger partial charge in [-0.3, -0.25) is 0 Å². The van der Waals surface area contributed by atoms with E-state index in [1.54, 1.807) is 18.0 Å². The van der Waals surface area contributed by atoms with Crippen molar-refractivity contribution in [3.63, 3.8) is 0 Å². The van der Waals surface area contributed by atoms with Crippen molar-refractivity contribution in [3.05, 3.63) is 53.2 Å². The molecule has 0 unspecified atom stereocenters. The second kappa shape index (κ2) is 4.69. The Hall–Kier alpha value is -0.990. The van der Waals surface area contributed by atoms with Gasteiger partial charge in [0.05, 0.1) is 5.02 Å². The third-order valence-electron chi connectivity index (χ3n) is 1.94. The van der Waals surface area contributed by atoms with Gasteiger partial charge in [0.25, 0.3) is 0 Å². The predicted octanol–water partition coefficient (Wildman–Crippen LogP) is 4.19. The van der Waals surface area contributed by atoms with Crippen LogP contribution in [-0.2, 0) is 0 Å². The van der Waals surface area contributed by atoms with Gasteiger partial charge in [-0.2, -0.15) is 0 Å². The molecule has 0 radical (unpaired) electrons.